The van der Waals surface area contributed by atoms with Gasteiger partial charge < -0.3 is 15.2 Å². The first-order valence-corrected chi connectivity index (χ1v) is 7.57. The Balaban J connectivity index is 1.75. The molecule has 0 fully saturated rings. The smallest absolute Gasteiger partial charge is 0.243 e. The number of nitrogens with one attached hydrogen (secondary N) is 1. The van der Waals surface area contributed by atoms with Crippen LogP contribution in [0.5, 0.6) is 5.75 Å². The van der Waals surface area contributed by atoms with Crippen molar-refractivity contribution < 1.29 is 19.4 Å². The Morgan fingerprint density at radius 2 is 2.13 bits per heavy atom. The fourth-order valence-corrected chi connectivity index (χ4v) is 2.39. The van der Waals surface area contributed by atoms with E-state index < -0.39 is 6.10 Å². The second kappa shape index (κ2) is 8.29. The molecule has 0 spiro atoms. The van der Waals surface area contributed by atoms with Crippen LogP contribution in [0.25, 0.3) is 0 Å². The molecule has 1 aromatic carbocycles. The Bertz CT molecular complexity index is 604. The molecule has 0 aromatic heterocycles. The lowest BCUT2D eigenvalue weighted by molar-refractivity contribution is -0.125. The van der Waals surface area contributed by atoms with Crippen LogP contribution in [0.1, 0.15) is 12.0 Å². The summed E-state index contributed by atoms with van der Waals surface area (Å²) in [5.74, 6) is 0.0631. The largest absolute Gasteiger partial charge is 0.508 e. The summed E-state index contributed by atoms with van der Waals surface area (Å²) in [5.41, 5.74) is 1.05. The van der Waals surface area contributed by atoms with Gasteiger partial charge in [0.25, 0.3) is 0 Å². The van der Waals surface area contributed by atoms with E-state index in [1.54, 1.807) is 24.3 Å². The summed E-state index contributed by atoms with van der Waals surface area (Å²) in [4.78, 5) is 23.3. The third-order valence-electron chi connectivity index (χ3n) is 3.74. The van der Waals surface area contributed by atoms with Crippen LogP contribution in [-0.2, 0) is 20.7 Å². The first-order valence-electron chi connectivity index (χ1n) is 7.57. The number of carbonyl (C=O) groups is 2. The monoisotopic (exact) mass is 315 g/mol. The average molecular weight is 315 g/mol. The summed E-state index contributed by atoms with van der Waals surface area (Å²) in [7, 11) is 1.51. The van der Waals surface area contributed by atoms with Gasteiger partial charge in [0.1, 0.15) is 11.9 Å². The number of hydrogen-bond donors (Lipinski definition) is 2. The van der Waals surface area contributed by atoms with Crippen molar-refractivity contribution in [1.82, 2.24) is 5.32 Å². The Hall–Kier alpha value is -2.40. The van der Waals surface area contributed by atoms with Crippen LogP contribution in [0.15, 0.2) is 48.6 Å². The third kappa shape index (κ3) is 5.38. The van der Waals surface area contributed by atoms with E-state index >= 15 is 0 Å². The molecule has 0 saturated carbocycles. The molecule has 0 radical (unpaired) electrons. The molecule has 23 heavy (non-hydrogen) atoms. The van der Waals surface area contributed by atoms with E-state index in [-0.39, 0.29) is 23.4 Å². The molecule has 0 heterocycles. The van der Waals surface area contributed by atoms with Crippen molar-refractivity contribution in [3.63, 3.8) is 0 Å². The van der Waals surface area contributed by atoms with Crippen LogP contribution in [0.4, 0.5) is 0 Å². The second-order valence-electron chi connectivity index (χ2n) is 5.45. The van der Waals surface area contributed by atoms with Gasteiger partial charge in [0.15, 0.2) is 5.78 Å². The lowest BCUT2D eigenvalue weighted by Crippen LogP contribution is -2.27. The Labute approximate surface area is 135 Å². The van der Waals surface area contributed by atoms with Crippen molar-refractivity contribution in [3.8, 4) is 5.75 Å². The van der Waals surface area contributed by atoms with Gasteiger partial charge in [-0.1, -0.05) is 24.3 Å². The van der Waals surface area contributed by atoms with Crippen LogP contribution in [0.3, 0.4) is 0 Å². The van der Waals surface area contributed by atoms with E-state index in [0.717, 1.165) is 5.56 Å². The second-order valence-corrected chi connectivity index (χ2v) is 5.45. The van der Waals surface area contributed by atoms with E-state index in [0.29, 0.717) is 19.4 Å². The quantitative estimate of drug-likeness (QED) is 0.785. The molecule has 1 aromatic rings. The number of rotatable bonds is 6. The highest BCUT2D eigenvalue weighted by Crippen LogP contribution is 2.18. The Morgan fingerprint density at radius 1 is 1.39 bits per heavy atom. The van der Waals surface area contributed by atoms with Crippen molar-refractivity contribution >= 4 is 11.7 Å². The topological polar surface area (TPSA) is 75.6 Å². The maximum absolute atomic E-state index is 11.8. The van der Waals surface area contributed by atoms with Gasteiger partial charge in [0.05, 0.1) is 0 Å². The van der Waals surface area contributed by atoms with Crippen molar-refractivity contribution in [2.45, 2.75) is 18.9 Å². The van der Waals surface area contributed by atoms with Crippen LogP contribution in [0, 0.1) is 5.92 Å². The van der Waals surface area contributed by atoms with Gasteiger partial charge >= 0.3 is 0 Å². The molecule has 2 N–H and O–H groups in total. The summed E-state index contributed by atoms with van der Waals surface area (Å²) < 4.78 is 5.11. The molecule has 2 atom stereocenters. The van der Waals surface area contributed by atoms with E-state index in [4.69, 9.17) is 4.74 Å². The highest BCUT2D eigenvalue weighted by molar-refractivity contribution is 5.94. The first kappa shape index (κ1) is 17.0. The molecule has 2 rings (SSSR count). The van der Waals surface area contributed by atoms with Gasteiger partial charge in [0, 0.05) is 13.7 Å². The van der Waals surface area contributed by atoms with E-state index in [9.17, 15) is 14.7 Å². The molecular formula is C18H21NO4. The number of amides is 1. The zero-order valence-corrected chi connectivity index (χ0v) is 13.1. The molecule has 0 saturated heterocycles. The predicted octanol–water partition coefficient (Wildman–Crippen LogP) is 1.77. The SMILES string of the molecule is COC1CC(C=CC(=O)NCCc2ccc(O)cc2)C=CC1=O. The standard InChI is InChI=1S/C18H21NO4/c1-23-17-12-14(4-8-16(17)21)5-9-18(22)19-11-10-13-2-6-15(20)7-3-13/h2-9,14,17,20H,10-12H2,1H3,(H,19,22). The maximum atomic E-state index is 11.8. The summed E-state index contributed by atoms with van der Waals surface area (Å²) in [6.45, 7) is 0.521. The number of hydrogen-bond acceptors (Lipinski definition) is 4. The van der Waals surface area contributed by atoms with Crippen LogP contribution < -0.4 is 5.32 Å². The van der Waals surface area contributed by atoms with Gasteiger partial charge in [-0.3, -0.25) is 9.59 Å². The van der Waals surface area contributed by atoms with Gasteiger partial charge in [-0.05, 0) is 48.6 Å². The minimum atomic E-state index is -0.424. The normalized spacial score (nSPS) is 20.8. The van der Waals surface area contributed by atoms with Gasteiger partial charge in [0.2, 0.25) is 5.91 Å². The van der Waals surface area contributed by atoms with Crippen LogP contribution in [0.2, 0.25) is 0 Å². The molecule has 0 bridgehead atoms. The van der Waals surface area contributed by atoms with Crippen molar-refractivity contribution in [2.75, 3.05) is 13.7 Å². The highest BCUT2D eigenvalue weighted by atomic mass is 16.5. The Kier molecular flexibility index (Phi) is 6.11. The molecule has 2 unspecified atom stereocenters. The number of benzene rings is 1. The number of phenolic OH excluding ortho intramolecular Hbond substituents is 1. The maximum Gasteiger partial charge on any atom is 0.243 e. The molecule has 1 amide bonds. The number of phenols is 1. The number of methoxy groups -OCH3 is 1. The average Bonchev–Trinajstić information content (AvgIpc) is 2.56. The number of allylic oxidation sites excluding steroid dienone is 2. The minimum Gasteiger partial charge on any atom is -0.508 e. The summed E-state index contributed by atoms with van der Waals surface area (Å²) in [6.07, 6.45) is 7.41. The third-order valence-corrected chi connectivity index (χ3v) is 3.74. The van der Waals surface area contributed by atoms with Crippen LogP contribution in [-0.4, -0.2) is 36.6 Å². The van der Waals surface area contributed by atoms with E-state index in [1.165, 1.54) is 19.3 Å². The molecule has 0 aliphatic heterocycles. The predicted molar refractivity (Wildman–Crippen MR) is 87.0 cm³/mol. The zero-order valence-electron chi connectivity index (χ0n) is 13.1. The van der Waals surface area contributed by atoms with Crippen molar-refractivity contribution in [2.24, 2.45) is 5.92 Å². The van der Waals surface area contributed by atoms with E-state index in [1.807, 2.05) is 12.1 Å². The fraction of sp³-hybridized carbons (Fsp3) is 0.333. The van der Waals surface area contributed by atoms with Crippen LogP contribution >= 0.6 is 0 Å². The van der Waals surface area contributed by atoms with Gasteiger partial charge in [-0.2, -0.15) is 0 Å². The molecule has 122 valence electrons. The molecule has 1 aliphatic carbocycles. The zero-order chi connectivity index (χ0) is 16.7. The number of ketones is 1. The molecule has 1 aliphatic rings. The summed E-state index contributed by atoms with van der Waals surface area (Å²) in [5, 5.41) is 12.0. The highest BCUT2D eigenvalue weighted by Gasteiger charge is 2.22. The number of aromatic hydroxyl groups is 1. The number of carbonyl (C=O) groups excluding carboxylic acids is 2. The Morgan fingerprint density at radius 3 is 2.83 bits per heavy atom. The molecule has 5 heteroatoms. The van der Waals surface area contributed by atoms with Gasteiger partial charge in [-0.25, -0.2) is 0 Å². The first-order chi connectivity index (χ1) is 11.1. The van der Waals surface area contributed by atoms with Gasteiger partial charge in [-0.15, -0.1) is 0 Å². The molecular weight excluding hydrogens is 294 g/mol. The fourth-order valence-electron chi connectivity index (χ4n) is 2.39. The summed E-state index contributed by atoms with van der Waals surface area (Å²) >= 11 is 0. The minimum absolute atomic E-state index is 0.0282. The van der Waals surface area contributed by atoms with Crippen molar-refractivity contribution in [3.05, 3.63) is 54.1 Å². The molecule has 5 nitrogen and oxygen atoms in total. The van der Waals surface area contributed by atoms with E-state index in [2.05, 4.69) is 5.32 Å². The summed E-state index contributed by atoms with van der Waals surface area (Å²) in [6, 6.07) is 6.90. The number of ether oxygens (including phenoxy) is 1. The lowest BCUT2D eigenvalue weighted by Gasteiger charge is -2.19. The van der Waals surface area contributed by atoms with Crippen molar-refractivity contribution in [1.29, 1.82) is 0 Å². The lowest BCUT2D eigenvalue weighted by atomic mass is 9.92.